The van der Waals surface area contributed by atoms with E-state index in [-0.39, 0.29) is 11.5 Å². The molecule has 0 aliphatic heterocycles. The predicted molar refractivity (Wildman–Crippen MR) is 70.3 cm³/mol. The Morgan fingerprint density at radius 3 is 1.94 bits per heavy atom. The standard InChI is InChI=1S/C16H16F2/c1-11(2)8-14-15(17)9-13(10-16(14)18)12-6-4-3-5-7-12/h3-7,9-11H,8H2,1-2H3. The molecule has 2 heteroatoms. The molecule has 0 saturated heterocycles. The van der Waals surface area contributed by atoms with Crippen LogP contribution in [0.25, 0.3) is 11.1 Å². The van der Waals surface area contributed by atoms with Gasteiger partial charge < -0.3 is 0 Å². The highest BCUT2D eigenvalue weighted by atomic mass is 19.1. The highest BCUT2D eigenvalue weighted by Crippen LogP contribution is 2.25. The second kappa shape index (κ2) is 5.30. The summed E-state index contributed by atoms with van der Waals surface area (Å²) in [6.45, 7) is 3.90. The predicted octanol–water partition coefficient (Wildman–Crippen LogP) is 4.83. The van der Waals surface area contributed by atoms with Gasteiger partial charge in [-0.25, -0.2) is 8.78 Å². The first-order valence-corrected chi connectivity index (χ1v) is 6.11. The minimum atomic E-state index is -0.456. The summed E-state index contributed by atoms with van der Waals surface area (Å²) in [5.74, 6) is -0.679. The third-order valence-corrected chi connectivity index (χ3v) is 2.86. The van der Waals surface area contributed by atoms with Gasteiger partial charge in [0.1, 0.15) is 11.6 Å². The van der Waals surface area contributed by atoms with Crippen molar-refractivity contribution in [1.82, 2.24) is 0 Å². The largest absolute Gasteiger partial charge is 0.207 e. The molecule has 0 aliphatic carbocycles. The van der Waals surface area contributed by atoms with Crippen LogP contribution in [0.2, 0.25) is 0 Å². The van der Waals surface area contributed by atoms with Crippen LogP contribution in [-0.4, -0.2) is 0 Å². The first-order chi connectivity index (χ1) is 8.58. The molecule has 2 aromatic carbocycles. The molecular formula is C16H16F2. The number of rotatable bonds is 3. The van der Waals surface area contributed by atoms with Crippen molar-refractivity contribution in [2.45, 2.75) is 20.3 Å². The normalized spacial score (nSPS) is 10.9. The van der Waals surface area contributed by atoms with Crippen molar-refractivity contribution in [3.8, 4) is 11.1 Å². The van der Waals surface area contributed by atoms with Crippen LogP contribution in [0, 0.1) is 17.6 Å². The van der Waals surface area contributed by atoms with E-state index in [4.69, 9.17) is 0 Å². The van der Waals surface area contributed by atoms with Gasteiger partial charge in [0, 0.05) is 5.56 Å². The molecule has 0 spiro atoms. The molecule has 2 rings (SSSR count). The van der Waals surface area contributed by atoms with Crippen molar-refractivity contribution in [1.29, 1.82) is 0 Å². The van der Waals surface area contributed by atoms with E-state index in [1.807, 2.05) is 44.2 Å². The molecule has 0 unspecified atom stereocenters. The lowest BCUT2D eigenvalue weighted by Gasteiger charge is -2.10. The molecule has 0 fully saturated rings. The fourth-order valence-corrected chi connectivity index (χ4v) is 2.00. The Labute approximate surface area is 106 Å². The van der Waals surface area contributed by atoms with Gasteiger partial charge in [0.2, 0.25) is 0 Å². The van der Waals surface area contributed by atoms with Gasteiger partial charge in [0.05, 0.1) is 0 Å². The van der Waals surface area contributed by atoms with E-state index in [1.165, 1.54) is 12.1 Å². The van der Waals surface area contributed by atoms with Crippen molar-refractivity contribution < 1.29 is 8.78 Å². The highest BCUT2D eigenvalue weighted by Gasteiger charge is 2.13. The Balaban J connectivity index is 2.43. The average Bonchev–Trinajstić information content (AvgIpc) is 2.34. The molecule has 0 bridgehead atoms. The van der Waals surface area contributed by atoms with Crippen LogP contribution in [0.1, 0.15) is 19.4 Å². The lowest BCUT2D eigenvalue weighted by atomic mass is 9.98. The monoisotopic (exact) mass is 246 g/mol. The van der Waals surface area contributed by atoms with Crippen molar-refractivity contribution >= 4 is 0 Å². The third kappa shape index (κ3) is 2.76. The summed E-state index contributed by atoms with van der Waals surface area (Å²) in [5, 5.41) is 0. The van der Waals surface area contributed by atoms with Crippen LogP contribution in [-0.2, 0) is 6.42 Å². The van der Waals surface area contributed by atoms with Gasteiger partial charge in [-0.15, -0.1) is 0 Å². The third-order valence-electron chi connectivity index (χ3n) is 2.86. The Morgan fingerprint density at radius 1 is 0.889 bits per heavy atom. The number of hydrogen-bond acceptors (Lipinski definition) is 0. The van der Waals surface area contributed by atoms with E-state index in [9.17, 15) is 8.78 Å². The highest BCUT2D eigenvalue weighted by molar-refractivity contribution is 5.63. The molecule has 0 aliphatic rings. The van der Waals surface area contributed by atoms with Gasteiger partial charge >= 0.3 is 0 Å². The number of halogens is 2. The molecule has 0 atom stereocenters. The molecule has 0 saturated carbocycles. The lowest BCUT2D eigenvalue weighted by Crippen LogP contribution is -2.01. The van der Waals surface area contributed by atoms with Crippen LogP contribution in [0.5, 0.6) is 0 Å². The molecule has 0 amide bonds. The Bertz CT molecular complexity index is 507. The van der Waals surface area contributed by atoms with Crippen LogP contribution >= 0.6 is 0 Å². The van der Waals surface area contributed by atoms with E-state index in [0.29, 0.717) is 12.0 Å². The molecule has 0 nitrogen and oxygen atoms in total. The van der Waals surface area contributed by atoms with Crippen LogP contribution in [0.4, 0.5) is 8.78 Å². The maximum absolute atomic E-state index is 13.9. The molecule has 94 valence electrons. The first kappa shape index (κ1) is 12.7. The van der Waals surface area contributed by atoms with E-state index in [1.54, 1.807) is 0 Å². The van der Waals surface area contributed by atoms with Crippen LogP contribution < -0.4 is 0 Å². The smallest absolute Gasteiger partial charge is 0.129 e. The topological polar surface area (TPSA) is 0 Å². The summed E-state index contributed by atoms with van der Waals surface area (Å²) in [6.07, 6.45) is 0.423. The minimum absolute atomic E-state index is 0.185. The fourth-order valence-electron chi connectivity index (χ4n) is 2.00. The molecule has 0 heterocycles. The quantitative estimate of drug-likeness (QED) is 0.727. The number of benzene rings is 2. The zero-order valence-corrected chi connectivity index (χ0v) is 10.6. The fraction of sp³-hybridized carbons (Fsp3) is 0.250. The van der Waals surface area contributed by atoms with Crippen LogP contribution in [0.15, 0.2) is 42.5 Å². The summed E-state index contributed by atoms with van der Waals surface area (Å²) < 4.78 is 27.8. The van der Waals surface area contributed by atoms with E-state index >= 15 is 0 Å². The summed E-state index contributed by atoms with van der Waals surface area (Å²) in [6, 6.07) is 12.1. The summed E-state index contributed by atoms with van der Waals surface area (Å²) in [4.78, 5) is 0. The van der Waals surface area contributed by atoms with E-state index < -0.39 is 11.6 Å². The molecule has 2 aromatic rings. The van der Waals surface area contributed by atoms with Gasteiger partial charge in [-0.05, 0) is 35.6 Å². The lowest BCUT2D eigenvalue weighted by molar-refractivity contribution is 0.526. The second-order valence-electron chi connectivity index (χ2n) is 4.88. The molecule has 0 radical (unpaired) electrons. The summed E-state index contributed by atoms with van der Waals surface area (Å²) in [5.41, 5.74) is 1.59. The van der Waals surface area contributed by atoms with Gasteiger partial charge in [-0.3, -0.25) is 0 Å². The zero-order chi connectivity index (χ0) is 13.1. The molecular weight excluding hydrogens is 230 g/mol. The summed E-state index contributed by atoms with van der Waals surface area (Å²) >= 11 is 0. The average molecular weight is 246 g/mol. The van der Waals surface area contributed by atoms with E-state index in [0.717, 1.165) is 5.56 Å². The molecule has 0 N–H and O–H groups in total. The van der Waals surface area contributed by atoms with Crippen molar-refractivity contribution in [3.63, 3.8) is 0 Å². The van der Waals surface area contributed by atoms with Crippen molar-refractivity contribution in [3.05, 3.63) is 59.7 Å². The van der Waals surface area contributed by atoms with E-state index in [2.05, 4.69) is 0 Å². The maximum Gasteiger partial charge on any atom is 0.129 e. The SMILES string of the molecule is CC(C)Cc1c(F)cc(-c2ccccc2)cc1F. The van der Waals surface area contributed by atoms with Gasteiger partial charge in [-0.1, -0.05) is 44.2 Å². The zero-order valence-electron chi connectivity index (χ0n) is 10.6. The van der Waals surface area contributed by atoms with Crippen molar-refractivity contribution in [2.24, 2.45) is 5.92 Å². The minimum Gasteiger partial charge on any atom is -0.207 e. The van der Waals surface area contributed by atoms with Gasteiger partial charge in [-0.2, -0.15) is 0 Å². The Kier molecular flexibility index (Phi) is 3.75. The van der Waals surface area contributed by atoms with Crippen molar-refractivity contribution in [2.75, 3.05) is 0 Å². The van der Waals surface area contributed by atoms with Crippen LogP contribution in [0.3, 0.4) is 0 Å². The first-order valence-electron chi connectivity index (χ1n) is 6.11. The number of hydrogen-bond donors (Lipinski definition) is 0. The van der Waals surface area contributed by atoms with Gasteiger partial charge in [0.15, 0.2) is 0 Å². The maximum atomic E-state index is 13.9. The summed E-state index contributed by atoms with van der Waals surface area (Å²) in [7, 11) is 0. The molecule has 0 aromatic heterocycles. The Morgan fingerprint density at radius 2 is 1.44 bits per heavy atom. The Hall–Kier alpha value is -1.70. The second-order valence-corrected chi connectivity index (χ2v) is 4.88. The van der Waals surface area contributed by atoms with Gasteiger partial charge in [0.25, 0.3) is 0 Å². The molecule has 18 heavy (non-hydrogen) atoms.